The van der Waals surface area contributed by atoms with E-state index in [9.17, 15) is 0 Å². The quantitative estimate of drug-likeness (QED) is 0.917. The third-order valence-electron chi connectivity index (χ3n) is 2.15. The molecule has 0 aliphatic carbocycles. The number of halogens is 1. The summed E-state index contributed by atoms with van der Waals surface area (Å²) in [6.45, 7) is 0.690. The summed E-state index contributed by atoms with van der Waals surface area (Å²) in [4.78, 5) is 1.26. The topological polar surface area (TPSA) is 26.0 Å². The summed E-state index contributed by atoms with van der Waals surface area (Å²) in [5.41, 5.74) is 6.83. The van der Waals surface area contributed by atoms with Crippen LogP contribution in [0, 0.1) is 0 Å². The Kier molecular flexibility index (Phi) is 4.46. The average molecular weight is 314 g/mol. The van der Waals surface area contributed by atoms with Gasteiger partial charge in [-0.05, 0) is 42.1 Å². The Morgan fingerprint density at radius 2 is 2.19 bits per heavy atom. The van der Waals surface area contributed by atoms with Gasteiger partial charge in [0.1, 0.15) is 0 Å². The molecule has 0 bridgehead atoms. The molecule has 0 aliphatic rings. The monoisotopic (exact) mass is 313 g/mol. The Balaban J connectivity index is 2.15. The summed E-state index contributed by atoms with van der Waals surface area (Å²) in [5.74, 6) is 0. The lowest BCUT2D eigenvalue weighted by atomic mass is 10.1. The summed E-state index contributed by atoms with van der Waals surface area (Å²) < 4.78 is 2.47. The van der Waals surface area contributed by atoms with Gasteiger partial charge in [0.2, 0.25) is 0 Å². The third-order valence-corrected chi connectivity index (χ3v) is 4.92. The maximum atomic E-state index is 5.55. The van der Waals surface area contributed by atoms with Gasteiger partial charge in [0, 0.05) is 9.37 Å². The van der Waals surface area contributed by atoms with Crippen LogP contribution in [0.5, 0.6) is 0 Å². The predicted molar refractivity (Wildman–Crippen MR) is 75.3 cm³/mol. The van der Waals surface area contributed by atoms with Crippen LogP contribution in [0.15, 0.2) is 49.3 Å². The van der Waals surface area contributed by atoms with Gasteiger partial charge >= 0.3 is 0 Å². The lowest BCUT2D eigenvalue weighted by molar-refractivity contribution is 0.960. The van der Waals surface area contributed by atoms with Crippen LogP contribution in [0.25, 0.3) is 0 Å². The summed E-state index contributed by atoms with van der Waals surface area (Å²) in [6.07, 6.45) is 0.921. The second-order valence-corrected chi connectivity index (χ2v) is 6.50. The molecule has 0 fully saturated rings. The van der Waals surface area contributed by atoms with Crippen molar-refractivity contribution in [1.82, 2.24) is 0 Å². The minimum atomic E-state index is 0.690. The van der Waals surface area contributed by atoms with Crippen LogP contribution >= 0.6 is 39.0 Å². The molecule has 0 spiro atoms. The van der Waals surface area contributed by atoms with E-state index in [-0.39, 0.29) is 0 Å². The molecule has 1 heterocycles. The van der Waals surface area contributed by atoms with Gasteiger partial charge < -0.3 is 5.73 Å². The maximum Gasteiger partial charge on any atom is 0.0646 e. The molecule has 1 aromatic carbocycles. The largest absolute Gasteiger partial charge is 0.330 e. The van der Waals surface area contributed by atoms with E-state index in [1.165, 1.54) is 14.7 Å². The standard InChI is InChI=1S/C12H12BrNS2/c13-11-8-10(4-3-9(11)5-6-14)16-12-2-1-7-15-12/h1-4,7-8H,5-6,14H2. The molecule has 0 saturated carbocycles. The molecule has 2 N–H and O–H groups in total. The Morgan fingerprint density at radius 3 is 2.81 bits per heavy atom. The van der Waals surface area contributed by atoms with E-state index < -0.39 is 0 Å². The lowest BCUT2D eigenvalue weighted by Gasteiger charge is -2.05. The molecule has 0 amide bonds. The summed E-state index contributed by atoms with van der Waals surface area (Å²) in [6, 6.07) is 10.7. The first kappa shape index (κ1) is 12.2. The van der Waals surface area contributed by atoms with Crippen LogP contribution in [0.1, 0.15) is 5.56 Å². The van der Waals surface area contributed by atoms with E-state index in [0.717, 1.165) is 10.9 Å². The lowest BCUT2D eigenvalue weighted by Crippen LogP contribution is -2.03. The fourth-order valence-corrected chi connectivity index (χ4v) is 3.90. The number of thiophene rings is 1. The summed E-state index contributed by atoms with van der Waals surface area (Å²) >= 11 is 7.14. The second-order valence-electron chi connectivity index (χ2n) is 3.33. The van der Waals surface area contributed by atoms with Crippen molar-refractivity contribution in [3.05, 3.63) is 45.7 Å². The zero-order valence-electron chi connectivity index (χ0n) is 8.65. The van der Waals surface area contributed by atoms with Crippen LogP contribution in [-0.2, 0) is 6.42 Å². The fourth-order valence-electron chi connectivity index (χ4n) is 1.39. The van der Waals surface area contributed by atoms with Crippen molar-refractivity contribution in [3.8, 4) is 0 Å². The first-order valence-corrected chi connectivity index (χ1v) is 7.48. The first-order chi connectivity index (χ1) is 7.79. The molecule has 1 nitrogen and oxygen atoms in total. The zero-order valence-corrected chi connectivity index (χ0v) is 11.9. The van der Waals surface area contributed by atoms with Crippen molar-refractivity contribution in [2.24, 2.45) is 5.73 Å². The van der Waals surface area contributed by atoms with Crippen molar-refractivity contribution >= 4 is 39.0 Å². The van der Waals surface area contributed by atoms with Gasteiger partial charge in [0.15, 0.2) is 0 Å². The van der Waals surface area contributed by atoms with Gasteiger partial charge in [-0.2, -0.15) is 0 Å². The Hall–Kier alpha value is -0.290. The van der Waals surface area contributed by atoms with E-state index in [2.05, 4.69) is 51.6 Å². The van der Waals surface area contributed by atoms with Gasteiger partial charge in [0.25, 0.3) is 0 Å². The van der Waals surface area contributed by atoms with Gasteiger partial charge in [-0.15, -0.1) is 11.3 Å². The van der Waals surface area contributed by atoms with E-state index in [0.29, 0.717) is 6.54 Å². The SMILES string of the molecule is NCCc1ccc(Sc2cccs2)cc1Br. The van der Waals surface area contributed by atoms with Gasteiger partial charge in [0.05, 0.1) is 4.21 Å². The van der Waals surface area contributed by atoms with E-state index in [1.54, 1.807) is 23.1 Å². The van der Waals surface area contributed by atoms with Gasteiger partial charge in [-0.1, -0.05) is 39.8 Å². The number of hydrogen-bond donors (Lipinski definition) is 1. The summed E-state index contributed by atoms with van der Waals surface area (Å²) in [5, 5.41) is 2.10. The Bertz CT molecular complexity index is 454. The highest BCUT2D eigenvalue weighted by molar-refractivity contribution is 9.10. The normalized spacial score (nSPS) is 10.6. The van der Waals surface area contributed by atoms with Crippen molar-refractivity contribution in [2.75, 3.05) is 6.54 Å². The number of hydrogen-bond acceptors (Lipinski definition) is 3. The molecule has 2 aromatic rings. The minimum absolute atomic E-state index is 0.690. The predicted octanol–water partition coefficient (Wildman–Crippen LogP) is 4.16. The van der Waals surface area contributed by atoms with Crippen LogP contribution in [0.2, 0.25) is 0 Å². The molecular weight excluding hydrogens is 302 g/mol. The molecule has 4 heteroatoms. The van der Waals surface area contributed by atoms with E-state index in [4.69, 9.17) is 5.73 Å². The van der Waals surface area contributed by atoms with Crippen molar-refractivity contribution < 1.29 is 0 Å². The molecule has 0 radical (unpaired) electrons. The molecule has 2 rings (SSSR count). The zero-order chi connectivity index (χ0) is 11.4. The minimum Gasteiger partial charge on any atom is -0.330 e. The molecule has 16 heavy (non-hydrogen) atoms. The Morgan fingerprint density at radius 1 is 1.31 bits per heavy atom. The maximum absolute atomic E-state index is 5.55. The summed E-state index contributed by atoms with van der Waals surface area (Å²) in [7, 11) is 0. The number of nitrogens with two attached hydrogens (primary N) is 1. The number of benzene rings is 1. The Labute approximate surface area is 112 Å². The molecule has 0 saturated heterocycles. The molecule has 0 unspecified atom stereocenters. The highest BCUT2D eigenvalue weighted by Crippen LogP contribution is 2.33. The number of rotatable bonds is 4. The molecule has 1 aromatic heterocycles. The highest BCUT2D eigenvalue weighted by Gasteiger charge is 2.03. The average Bonchev–Trinajstić information content (AvgIpc) is 2.75. The highest BCUT2D eigenvalue weighted by atomic mass is 79.9. The molecule has 0 aliphatic heterocycles. The van der Waals surface area contributed by atoms with Crippen LogP contribution < -0.4 is 5.73 Å². The van der Waals surface area contributed by atoms with Crippen LogP contribution in [0.4, 0.5) is 0 Å². The molecule has 84 valence electrons. The van der Waals surface area contributed by atoms with E-state index in [1.807, 2.05) is 0 Å². The fraction of sp³-hybridized carbons (Fsp3) is 0.167. The van der Waals surface area contributed by atoms with E-state index >= 15 is 0 Å². The smallest absolute Gasteiger partial charge is 0.0646 e. The second kappa shape index (κ2) is 5.87. The van der Waals surface area contributed by atoms with Crippen LogP contribution in [0.3, 0.4) is 0 Å². The molecule has 0 atom stereocenters. The van der Waals surface area contributed by atoms with Crippen molar-refractivity contribution in [1.29, 1.82) is 0 Å². The van der Waals surface area contributed by atoms with Crippen molar-refractivity contribution in [2.45, 2.75) is 15.5 Å². The van der Waals surface area contributed by atoms with Gasteiger partial charge in [-0.3, -0.25) is 0 Å². The first-order valence-electron chi connectivity index (χ1n) is 4.99. The third kappa shape index (κ3) is 3.10. The molecular formula is C12H12BrNS2. The van der Waals surface area contributed by atoms with Gasteiger partial charge in [-0.25, -0.2) is 0 Å². The van der Waals surface area contributed by atoms with Crippen molar-refractivity contribution in [3.63, 3.8) is 0 Å². The van der Waals surface area contributed by atoms with Crippen LogP contribution in [-0.4, -0.2) is 6.54 Å².